The van der Waals surface area contributed by atoms with E-state index < -0.39 is 0 Å². The maximum Gasteiger partial charge on any atom is 0.262 e. The molecule has 1 amide bonds. The Balaban J connectivity index is 2.15. The molecule has 0 bridgehead atoms. The van der Waals surface area contributed by atoms with Crippen LogP contribution in [0.1, 0.15) is 38.2 Å². The first-order chi connectivity index (χ1) is 11.7. The summed E-state index contributed by atoms with van der Waals surface area (Å²) in [6, 6.07) is 11.0. The zero-order valence-electron chi connectivity index (χ0n) is 13.8. The molecule has 5 heteroatoms. The van der Waals surface area contributed by atoms with Crippen LogP contribution in [0, 0.1) is 28.6 Å². The molecule has 124 valence electrons. The van der Waals surface area contributed by atoms with Gasteiger partial charge in [0.1, 0.15) is 23.5 Å². The number of nitrogens with zero attached hydrogens (tertiary/aromatic N) is 2. The molecule has 0 aromatic heterocycles. The normalized spacial score (nSPS) is 20.5. The number of hydrogen-bond donors (Lipinski definition) is 1. The summed E-state index contributed by atoms with van der Waals surface area (Å²) in [5.41, 5.74) is 0.650. The Hall–Kier alpha value is -2.79. The van der Waals surface area contributed by atoms with Crippen LogP contribution in [-0.4, -0.2) is 18.6 Å². The molecular weight excluding hydrogens is 302 g/mol. The Bertz CT molecular complexity index is 697. The van der Waals surface area contributed by atoms with E-state index in [1.165, 1.54) is 12.5 Å². The van der Waals surface area contributed by atoms with Gasteiger partial charge < -0.3 is 10.1 Å². The number of rotatable bonds is 5. The molecule has 1 aliphatic carbocycles. The van der Waals surface area contributed by atoms with E-state index in [4.69, 9.17) is 10.00 Å². The van der Waals surface area contributed by atoms with Crippen LogP contribution in [0.25, 0.3) is 6.08 Å². The van der Waals surface area contributed by atoms with Crippen LogP contribution in [0.3, 0.4) is 0 Å². The standard InChI is InChI=1S/C19H21N3O2/c1-14-6-2-4-8-17(14)22-19(23)16(13-21)12-15-7-3-5-9-18(15)24-11-10-20/h3,5,7,9,12,14,17H,2,4,6,8,11H2,1H3,(H,22,23)/b16-12+/t14-,17-/m0/s1. The Morgan fingerprint density at radius 2 is 2.08 bits per heavy atom. The molecule has 0 radical (unpaired) electrons. The molecule has 2 atom stereocenters. The largest absolute Gasteiger partial charge is 0.478 e. The number of carbonyl (C=O) groups excluding carboxylic acids is 1. The third-order valence-corrected chi connectivity index (χ3v) is 4.30. The maximum atomic E-state index is 12.4. The van der Waals surface area contributed by atoms with Gasteiger partial charge >= 0.3 is 0 Å². The van der Waals surface area contributed by atoms with Crippen LogP contribution in [0.15, 0.2) is 29.8 Å². The van der Waals surface area contributed by atoms with Gasteiger partial charge in [0.05, 0.1) is 0 Å². The molecular formula is C19H21N3O2. The maximum absolute atomic E-state index is 12.4. The number of nitrogens with one attached hydrogen (secondary N) is 1. The van der Waals surface area contributed by atoms with Gasteiger partial charge in [-0.1, -0.05) is 38.0 Å². The Kier molecular flexibility index (Phi) is 6.40. The van der Waals surface area contributed by atoms with E-state index in [-0.39, 0.29) is 24.1 Å². The molecule has 0 unspecified atom stereocenters. The van der Waals surface area contributed by atoms with Gasteiger partial charge in [0.15, 0.2) is 6.61 Å². The molecule has 24 heavy (non-hydrogen) atoms. The van der Waals surface area contributed by atoms with Gasteiger partial charge in [-0.3, -0.25) is 4.79 Å². The SMILES string of the molecule is C[C@H]1CCCC[C@@H]1NC(=O)/C(C#N)=C/c1ccccc1OCC#N. The summed E-state index contributed by atoms with van der Waals surface area (Å²) in [7, 11) is 0. The number of ether oxygens (including phenoxy) is 1. The molecule has 1 aromatic carbocycles. The second-order valence-electron chi connectivity index (χ2n) is 6.00. The first-order valence-electron chi connectivity index (χ1n) is 8.17. The molecule has 1 fully saturated rings. The molecule has 1 aromatic rings. The lowest BCUT2D eigenvalue weighted by molar-refractivity contribution is -0.118. The highest BCUT2D eigenvalue weighted by Crippen LogP contribution is 2.25. The van der Waals surface area contributed by atoms with Gasteiger partial charge in [0.2, 0.25) is 0 Å². The minimum atomic E-state index is -0.355. The van der Waals surface area contributed by atoms with E-state index in [9.17, 15) is 10.1 Å². The van der Waals surface area contributed by atoms with Crippen molar-refractivity contribution in [3.05, 3.63) is 35.4 Å². The number of hydrogen-bond acceptors (Lipinski definition) is 4. The topological polar surface area (TPSA) is 85.9 Å². The average Bonchev–Trinajstić information content (AvgIpc) is 2.60. The number of benzene rings is 1. The van der Waals surface area contributed by atoms with E-state index in [0.29, 0.717) is 17.2 Å². The fourth-order valence-electron chi connectivity index (χ4n) is 2.92. The summed E-state index contributed by atoms with van der Waals surface area (Å²) < 4.78 is 5.33. The van der Waals surface area contributed by atoms with Crippen molar-refractivity contribution in [3.63, 3.8) is 0 Å². The predicted octanol–water partition coefficient (Wildman–Crippen LogP) is 3.19. The molecule has 0 saturated heterocycles. The fourth-order valence-corrected chi connectivity index (χ4v) is 2.92. The number of carbonyl (C=O) groups is 1. The van der Waals surface area contributed by atoms with Gasteiger partial charge in [-0.2, -0.15) is 10.5 Å². The molecule has 0 heterocycles. The average molecular weight is 323 g/mol. The van der Waals surface area contributed by atoms with Crippen molar-refractivity contribution in [1.82, 2.24) is 5.32 Å². The lowest BCUT2D eigenvalue weighted by Gasteiger charge is -2.29. The van der Waals surface area contributed by atoms with E-state index in [2.05, 4.69) is 12.2 Å². The van der Waals surface area contributed by atoms with Crippen molar-refractivity contribution in [2.75, 3.05) is 6.61 Å². The first-order valence-corrected chi connectivity index (χ1v) is 8.17. The molecule has 1 aliphatic rings. The summed E-state index contributed by atoms with van der Waals surface area (Å²) in [5, 5.41) is 21.0. The van der Waals surface area contributed by atoms with Gasteiger partial charge in [-0.15, -0.1) is 0 Å². The molecule has 0 spiro atoms. The number of nitriles is 2. The molecule has 5 nitrogen and oxygen atoms in total. The van der Waals surface area contributed by atoms with Gasteiger partial charge in [-0.25, -0.2) is 0 Å². The van der Waals surface area contributed by atoms with Crippen LogP contribution >= 0.6 is 0 Å². The van der Waals surface area contributed by atoms with Crippen LogP contribution in [0.2, 0.25) is 0 Å². The van der Waals surface area contributed by atoms with Crippen molar-refractivity contribution in [3.8, 4) is 17.9 Å². The summed E-state index contributed by atoms with van der Waals surface area (Å²) >= 11 is 0. The van der Waals surface area contributed by atoms with Gasteiger partial charge in [0, 0.05) is 11.6 Å². The van der Waals surface area contributed by atoms with Crippen LogP contribution in [0.5, 0.6) is 5.75 Å². The molecule has 1 N–H and O–H groups in total. The monoisotopic (exact) mass is 323 g/mol. The predicted molar refractivity (Wildman–Crippen MR) is 90.7 cm³/mol. The van der Waals surface area contributed by atoms with Gasteiger partial charge in [-0.05, 0) is 30.9 Å². The number of para-hydroxylation sites is 1. The van der Waals surface area contributed by atoms with Crippen LogP contribution in [0.4, 0.5) is 0 Å². The quantitative estimate of drug-likeness (QED) is 0.666. The highest BCUT2D eigenvalue weighted by atomic mass is 16.5. The smallest absolute Gasteiger partial charge is 0.262 e. The first kappa shape index (κ1) is 17.6. The Labute approximate surface area is 142 Å². The lowest BCUT2D eigenvalue weighted by atomic mass is 9.86. The van der Waals surface area contributed by atoms with Crippen molar-refractivity contribution >= 4 is 12.0 Å². The van der Waals surface area contributed by atoms with Crippen molar-refractivity contribution in [2.24, 2.45) is 5.92 Å². The van der Waals surface area contributed by atoms with Crippen molar-refractivity contribution in [1.29, 1.82) is 10.5 Å². The summed E-state index contributed by atoms with van der Waals surface area (Å²) in [6.07, 6.45) is 5.86. The Morgan fingerprint density at radius 1 is 1.33 bits per heavy atom. The van der Waals surface area contributed by atoms with Crippen molar-refractivity contribution in [2.45, 2.75) is 38.6 Å². The third kappa shape index (κ3) is 4.60. The van der Waals surface area contributed by atoms with E-state index in [0.717, 1.165) is 19.3 Å². The Morgan fingerprint density at radius 3 is 2.79 bits per heavy atom. The fraction of sp³-hybridized carbons (Fsp3) is 0.421. The molecule has 2 rings (SSSR count). The van der Waals surface area contributed by atoms with E-state index in [1.807, 2.05) is 12.1 Å². The van der Waals surface area contributed by atoms with Crippen LogP contribution in [-0.2, 0) is 4.79 Å². The highest BCUT2D eigenvalue weighted by Gasteiger charge is 2.24. The van der Waals surface area contributed by atoms with Crippen LogP contribution < -0.4 is 10.1 Å². The summed E-state index contributed by atoms with van der Waals surface area (Å²) in [4.78, 5) is 12.4. The minimum absolute atomic E-state index is 0.0424. The highest BCUT2D eigenvalue weighted by molar-refractivity contribution is 6.02. The van der Waals surface area contributed by atoms with Crippen molar-refractivity contribution < 1.29 is 9.53 Å². The second kappa shape index (κ2) is 8.74. The zero-order chi connectivity index (χ0) is 17.4. The third-order valence-electron chi connectivity index (χ3n) is 4.30. The zero-order valence-corrected chi connectivity index (χ0v) is 13.8. The van der Waals surface area contributed by atoms with E-state index in [1.54, 1.807) is 24.3 Å². The lowest BCUT2D eigenvalue weighted by Crippen LogP contribution is -2.41. The van der Waals surface area contributed by atoms with E-state index >= 15 is 0 Å². The summed E-state index contributed by atoms with van der Waals surface area (Å²) in [5.74, 6) is 0.547. The summed E-state index contributed by atoms with van der Waals surface area (Å²) in [6.45, 7) is 2.05. The minimum Gasteiger partial charge on any atom is -0.478 e. The molecule has 0 aliphatic heterocycles. The second-order valence-corrected chi connectivity index (χ2v) is 6.00. The number of amides is 1. The van der Waals surface area contributed by atoms with Gasteiger partial charge in [0.25, 0.3) is 5.91 Å². The molecule has 1 saturated carbocycles.